The topological polar surface area (TPSA) is 66.0 Å². The van der Waals surface area contributed by atoms with Gasteiger partial charge in [-0.3, -0.25) is 4.79 Å². The van der Waals surface area contributed by atoms with Gasteiger partial charge >= 0.3 is 0 Å². The number of hydrogen-bond acceptors (Lipinski definition) is 4. The lowest BCUT2D eigenvalue weighted by atomic mass is 10.2. The molecule has 112 valence electrons. The maximum Gasteiger partial charge on any atom is 0.288 e. The van der Waals surface area contributed by atoms with Gasteiger partial charge in [-0.05, 0) is 36.4 Å². The van der Waals surface area contributed by atoms with Gasteiger partial charge < -0.3 is 9.73 Å². The predicted octanol–water partition coefficient (Wildman–Crippen LogP) is 4.14. The van der Waals surface area contributed by atoms with Crippen molar-refractivity contribution in [3.05, 3.63) is 54.0 Å². The van der Waals surface area contributed by atoms with Crippen molar-refractivity contribution in [3.63, 3.8) is 0 Å². The molecule has 0 saturated carbocycles. The third-order valence-corrected chi connectivity index (χ3v) is 3.25. The number of nitrogens with zero attached hydrogens (tertiary/aromatic N) is 1. The molecule has 2 aromatic rings. The van der Waals surface area contributed by atoms with Gasteiger partial charge in [0.1, 0.15) is 17.4 Å². The van der Waals surface area contributed by atoms with Crippen LogP contribution in [0.2, 0.25) is 0 Å². The molecule has 0 aliphatic carbocycles. The Hall–Kier alpha value is -2.59. The van der Waals surface area contributed by atoms with Crippen LogP contribution < -0.4 is 5.32 Å². The van der Waals surface area contributed by atoms with Gasteiger partial charge in [0.2, 0.25) is 0 Å². The highest BCUT2D eigenvalue weighted by Gasteiger charge is 2.11. The van der Waals surface area contributed by atoms with Crippen LogP contribution in [0, 0.1) is 11.3 Å². The summed E-state index contributed by atoms with van der Waals surface area (Å²) in [6.07, 6.45) is 2.74. The van der Waals surface area contributed by atoms with Crippen molar-refractivity contribution in [3.8, 4) is 6.07 Å². The molecule has 1 N–H and O–H groups in total. The molecular formula is C15H10F2N2O2S. The Bertz CT molecular complexity index is 704. The van der Waals surface area contributed by atoms with Gasteiger partial charge in [-0.25, -0.2) is 0 Å². The Morgan fingerprint density at radius 3 is 2.59 bits per heavy atom. The van der Waals surface area contributed by atoms with Crippen LogP contribution in [0.25, 0.3) is 6.08 Å². The Morgan fingerprint density at radius 2 is 2.05 bits per heavy atom. The zero-order valence-corrected chi connectivity index (χ0v) is 11.9. The zero-order valence-electron chi connectivity index (χ0n) is 11.1. The molecule has 0 aliphatic heterocycles. The summed E-state index contributed by atoms with van der Waals surface area (Å²) in [6, 6.07) is 10.9. The maximum absolute atomic E-state index is 12.2. The Balaban J connectivity index is 2.06. The van der Waals surface area contributed by atoms with E-state index in [1.165, 1.54) is 36.6 Å². The van der Waals surface area contributed by atoms with Crippen molar-refractivity contribution < 1.29 is 18.0 Å². The lowest BCUT2D eigenvalue weighted by Crippen LogP contribution is -2.13. The molecule has 1 heterocycles. The van der Waals surface area contributed by atoms with E-state index < -0.39 is 11.7 Å². The van der Waals surface area contributed by atoms with Crippen molar-refractivity contribution >= 4 is 29.4 Å². The van der Waals surface area contributed by atoms with Gasteiger partial charge in [0.25, 0.3) is 11.7 Å². The highest BCUT2D eigenvalue weighted by molar-refractivity contribution is 7.99. The van der Waals surface area contributed by atoms with Crippen LogP contribution in [0.3, 0.4) is 0 Å². The molecule has 0 aliphatic rings. The molecule has 0 saturated heterocycles. The molecule has 0 bridgehead atoms. The van der Waals surface area contributed by atoms with E-state index in [1.807, 2.05) is 0 Å². The average molecular weight is 320 g/mol. The van der Waals surface area contributed by atoms with Gasteiger partial charge in [0, 0.05) is 16.7 Å². The fraction of sp³-hybridized carbons (Fsp3) is 0.0667. The summed E-state index contributed by atoms with van der Waals surface area (Å²) in [6.45, 7) is 0. The highest BCUT2D eigenvalue weighted by atomic mass is 32.2. The minimum atomic E-state index is -2.50. The third kappa shape index (κ3) is 4.46. The van der Waals surface area contributed by atoms with E-state index in [2.05, 4.69) is 5.32 Å². The molecule has 0 spiro atoms. The molecule has 2 rings (SSSR count). The lowest BCUT2D eigenvalue weighted by Gasteiger charge is -2.05. The van der Waals surface area contributed by atoms with Gasteiger partial charge in [0.05, 0.1) is 6.26 Å². The van der Waals surface area contributed by atoms with Crippen LogP contribution in [0.1, 0.15) is 5.76 Å². The molecule has 0 atom stereocenters. The second-order valence-electron chi connectivity index (χ2n) is 4.04. The summed E-state index contributed by atoms with van der Waals surface area (Å²) in [5.74, 6) is -2.72. The second kappa shape index (κ2) is 7.43. The molecule has 1 aromatic heterocycles. The van der Waals surface area contributed by atoms with Crippen molar-refractivity contribution in [1.82, 2.24) is 0 Å². The number of thioether (sulfide) groups is 1. The van der Waals surface area contributed by atoms with Crippen LogP contribution in [0.5, 0.6) is 0 Å². The van der Waals surface area contributed by atoms with Gasteiger partial charge in [-0.15, -0.1) is 0 Å². The number of benzene rings is 1. The van der Waals surface area contributed by atoms with E-state index >= 15 is 0 Å². The number of furan rings is 1. The molecule has 0 fully saturated rings. The van der Waals surface area contributed by atoms with Crippen LogP contribution in [-0.2, 0) is 4.79 Å². The molecular weight excluding hydrogens is 310 g/mol. The summed E-state index contributed by atoms with van der Waals surface area (Å²) >= 11 is 0.417. The van der Waals surface area contributed by atoms with Crippen molar-refractivity contribution in [1.29, 1.82) is 5.26 Å². The van der Waals surface area contributed by atoms with Gasteiger partial charge in [-0.1, -0.05) is 11.8 Å². The third-order valence-electron chi connectivity index (χ3n) is 2.53. The number of rotatable bonds is 5. The summed E-state index contributed by atoms with van der Waals surface area (Å²) in [5.41, 5.74) is 0.283. The lowest BCUT2D eigenvalue weighted by molar-refractivity contribution is -0.112. The number of nitrogens with one attached hydrogen (secondary N) is 1. The molecule has 7 heteroatoms. The minimum absolute atomic E-state index is 0.124. The fourth-order valence-electron chi connectivity index (χ4n) is 1.58. The van der Waals surface area contributed by atoms with E-state index in [0.717, 1.165) is 0 Å². The second-order valence-corrected chi connectivity index (χ2v) is 5.11. The Morgan fingerprint density at radius 1 is 1.32 bits per heavy atom. The Labute approximate surface area is 129 Å². The SMILES string of the molecule is N#C/C(=C\c1ccco1)C(=O)Nc1ccc(SC(F)F)cc1. The number of carbonyl (C=O) groups is 1. The number of amides is 1. The standard InChI is InChI=1S/C15H10F2N2O2S/c16-15(17)22-13-5-3-11(4-6-13)19-14(20)10(9-18)8-12-2-1-7-21-12/h1-8,15H,(H,19,20)/b10-8+. The first-order valence-electron chi connectivity index (χ1n) is 6.10. The van der Waals surface area contributed by atoms with Crippen LogP contribution >= 0.6 is 11.8 Å². The quantitative estimate of drug-likeness (QED) is 0.511. The van der Waals surface area contributed by atoms with Gasteiger partial charge in [0.15, 0.2) is 0 Å². The largest absolute Gasteiger partial charge is 0.465 e. The van der Waals surface area contributed by atoms with E-state index in [0.29, 0.717) is 28.1 Å². The summed E-state index contributed by atoms with van der Waals surface area (Å²) in [4.78, 5) is 12.4. The van der Waals surface area contributed by atoms with Gasteiger partial charge in [-0.2, -0.15) is 14.0 Å². The van der Waals surface area contributed by atoms with E-state index in [-0.39, 0.29) is 5.57 Å². The van der Waals surface area contributed by atoms with E-state index in [1.54, 1.807) is 18.2 Å². The first-order valence-corrected chi connectivity index (χ1v) is 6.98. The minimum Gasteiger partial charge on any atom is -0.465 e. The normalized spacial score (nSPS) is 11.3. The average Bonchev–Trinajstić information content (AvgIpc) is 2.99. The smallest absolute Gasteiger partial charge is 0.288 e. The Kier molecular flexibility index (Phi) is 5.33. The van der Waals surface area contributed by atoms with Crippen LogP contribution in [-0.4, -0.2) is 11.7 Å². The molecule has 4 nitrogen and oxygen atoms in total. The van der Waals surface area contributed by atoms with E-state index in [9.17, 15) is 13.6 Å². The summed E-state index contributed by atoms with van der Waals surface area (Å²) < 4.78 is 29.4. The molecule has 1 amide bonds. The highest BCUT2D eigenvalue weighted by Crippen LogP contribution is 2.26. The summed E-state index contributed by atoms with van der Waals surface area (Å²) in [5, 5.41) is 11.5. The van der Waals surface area contributed by atoms with Crippen LogP contribution in [0.4, 0.5) is 14.5 Å². The fourth-order valence-corrected chi connectivity index (χ4v) is 2.08. The van der Waals surface area contributed by atoms with Crippen LogP contribution in [0.15, 0.2) is 57.5 Å². The maximum atomic E-state index is 12.2. The molecule has 1 aromatic carbocycles. The number of alkyl halides is 2. The van der Waals surface area contributed by atoms with Crippen molar-refractivity contribution in [2.75, 3.05) is 5.32 Å². The number of halogens is 2. The van der Waals surface area contributed by atoms with Crippen molar-refractivity contribution in [2.24, 2.45) is 0 Å². The number of carbonyl (C=O) groups excluding carboxylic acids is 1. The number of nitriles is 1. The van der Waals surface area contributed by atoms with Crippen molar-refractivity contribution in [2.45, 2.75) is 10.7 Å². The zero-order chi connectivity index (χ0) is 15.9. The molecule has 0 unspecified atom stereocenters. The number of hydrogen-bond donors (Lipinski definition) is 1. The monoisotopic (exact) mass is 320 g/mol. The van der Waals surface area contributed by atoms with E-state index in [4.69, 9.17) is 9.68 Å². The predicted molar refractivity (Wildman–Crippen MR) is 79.2 cm³/mol. The molecule has 22 heavy (non-hydrogen) atoms. The molecule has 0 radical (unpaired) electrons. The first kappa shape index (κ1) is 15.8. The summed E-state index contributed by atoms with van der Waals surface area (Å²) in [7, 11) is 0. The first-order chi connectivity index (χ1) is 10.6. The number of anilines is 1.